The summed E-state index contributed by atoms with van der Waals surface area (Å²) in [6.07, 6.45) is 0. The maximum Gasteiger partial charge on any atom is 0.327 e. The highest BCUT2D eigenvalue weighted by Gasteiger charge is 2.12. The second-order valence-electron chi connectivity index (χ2n) is 2.31. The van der Waals surface area contributed by atoms with E-state index < -0.39 is 0 Å². The molecule has 2 heterocycles. The van der Waals surface area contributed by atoms with Gasteiger partial charge in [0, 0.05) is 0 Å². The number of ether oxygens (including phenoxy) is 1. The van der Waals surface area contributed by atoms with Crippen LogP contribution in [0.4, 0.5) is 0 Å². The molecular formula is C5H7N3O3S. The summed E-state index contributed by atoms with van der Waals surface area (Å²) in [6, 6.07) is 0. The molecule has 0 fully saturated rings. The predicted molar refractivity (Wildman–Crippen MR) is 39.9 cm³/mol. The van der Waals surface area contributed by atoms with E-state index in [1.165, 1.54) is 4.68 Å². The first-order valence-corrected chi connectivity index (χ1v) is 4.21. The largest absolute Gasteiger partial charge is 0.408 e. The number of aromatic nitrogens is 2. The normalized spacial score (nSPS) is 17.8. The van der Waals surface area contributed by atoms with Gasteiger partial charge in [-0.3, -0.25) is 4.79 Å². The van der Waals surface area contributed by atoms with Gasteiger partial charge < -0.3 is 9.94 Å². The van der Waals surface area contributed by atoms with Gasteiger partial charge in [-0.05, 0) is 11.3 Å². The minimum absolute atomic E-state index is 0.164. The Morgan fingerprint density at radius 1 is 1.58 bits per heavy atom. The van der Waals surface area contributed by atoms with E-state index in [2.05, 4.69) is 5.16 Å². The van der Waals surface area contributed by atoms with Crippen molar-refractivity contribution >= 4 is 11.3 Å². The number of rotatable bonds is 0. The molecule has 0 aromatic carbocycles. The number of hydrogen-bond donors (Lipinski definition) is 1. The van der Waals surface area contributed by atoms with Gasteiger partial charge in [-0.15, -0.1) is 0 Å². The van der Waals surface area contributed by atoms with Crippen LogP contribution in [0.1, 0.15) is 0 Å². The first-order valence-electron chi connectivity index (χ1n) is 3.39. The maximum absolute atomic E-state index is 11.2. The molecule has 1 aliphatic heterocycles. The van der Waals surface area contributed by atoms with Gasteiger partial charge in [0.05, 0.1) is 13.2 Å². The van der Waals surface area contributed by atoms with Crippen molar-refractivity contribution in [1.29, 1.82) is 0 Å². The molecule has 1 aromatic heterocycles. The Morgan fingerprint density at radius 2 is 2.42 bits per heavy atom. The van der Waals surface area contributed by atoms with Crippen molar-refractivity contribution in [2.45, 2.75) is 13.3 Å². The van der Waals surface area contributed by atoms with Gasteiger partial charge in [0.25, 0.3) is 0 Å². The van der Waals surface area contributed by atoms with E-state index in [4.69, 9.17) is 9.94 Å². The van der Waals surface area contributed by atoms with Crippen LogP contribution < -0.4 is 9.67 Å². The summed E-state index contributed by atoms with van der Waals surface area (Å²) in [4.78, 5) is 11.3. The minimum atomic E-state index is -0.164. The van der Waals surface area contributed by atoms with Crippen molar-refractivity contribution in [3.8, 4) is 0 Å². The summed E-state index contributed by atoms with van der Waals surface area (Å²) in [7, 11) is 0. The fourth-order valence-corrected chi connectivity index (χ4v) is 1.85. The summed E-state index contributed by atoms with van der Waals surface area (Å²) in [5.41, 5.74) is 0. The van der Waals surface area contributed by atoms with Crippen LogP contribution in [-0.4, -0.2) is 21.2 Å². The van der Waals surface area contributed by atoms with E-state index in [1.807, 2.05) is 0 Å². The lowest BCUT2D eigenvalue weighted by Gasteiger charge is -2.15. The molecule has 0 spiro atoms. The smallest absolute Gasteiger partial charge is 0.327 e. The first kappa shape index (κ1) is 7.56. The Hall–Kier alpha value is -1.08. The first-order chi connectivity index (χ1) is 5.83. The topological polar surface area (TPSA) is 68.8 Å². The summed E-state index contributed by atoms with van der Waals surface area (Å²) in [5.74, 6) is 0. The zero-order valence-electron chi connectivity index (χ0n) is 6.13. The number of nitrogens with zero attached hydrogens (tertiary/aromatic N) is 3. The zero-order chi connectivity index (χ0) is 8.55. The fourth-order valence-electron chi connectivity index (χ4n) is 1.10. The molecule has 6 nitrogen and oxygen atoms in total. The van der Waals surface area contributed by atoms with Gasteiger partial charge in [0.2, 0.25) is 4.80 Å². The molecule has 0 saturated heterocycles. The average Bonchev–Trinajstić information content (AvgIpc) is 2.44. The van der Waals surface area contributed by atoms with Crippen molar-refractivity contribution in [2.24, 2.45) is 5.16 Å². The van der Waals surface area contributed by atoms with Gasteiger partial charge in [-0.1, -0.05) is 5.16 Å². The molecule has 0 aliphatic carbocycles. The van der Waals surface area contributed by atoms with Gasteiger partial charge >= 0.3 is 4.87 Å². The standard InChI is InChI=1S/C5H7N3O3S/c9-5-8-3-11-2-1-7(8)4(6-10)12-5/h10H,1-3H2/b6-4-. The van der Waals surface area contributed by atoms with E-state index in [0.29, 0.717) is 18.0 Å². The van der Waals surface area contributed by atoms with Crippen LogP contribution in [0.2, 0.25) is 0 Å². The van der Waals surface area contributed by atoms with E-state index >= 15 is 0 Å². The second-order valence-corrected chi connectivity index (χ2v) is 3.23. The van der Waals surface area contributed by atoms with E-state index in [9.17, 15) is 4.79 Å². The molecule has 0 unspecified atom stereocenters. The average molecular weight is 189 g/mol. The summed E-state index contributed by atoms with van der Waals surface area (Å²) < 4.78 is 8.07. The van der Waals surface area contributed by atoms with Crippen LogP contribution in [0.5, 0.6) is 0 Å². The Kier molecular flexibility index (Phi) is 1.74. The van der Waals surface area contributed by atoms with Crippen LogP contribution in [0.3, 0.4) is 0 Å². The molecule has 0 radical (unpaired) electrons. The van der Waals surface area contributed by atoms with Crippen LogP contribution >= 0.6 is 11.3 Å². The number of hydrogen-bond acceptors (Lipinski definition) is 5. The Balaban J connectivity index is 2.70. The monoisotopic (exact) mass is 189 g/mol. The second kappa shape index (κ2) is 2.76. The highest BCUT2D eigenvalue weighted by atomic mass is 32.1. The number of fused-ring (bicyclic) bond motifs is 1. The third kappa shape index (κ3) is 0.978. The SMILES string of the molecule is O=c1s/c(=N\O)n2n1COCC2. The Bertz CT molecular complexity index is 401. The Morgan fingerprint density at radius 3 is 3.17 bits per heavy atom. The third-order valence-corrected chi connectivity index (χ3v) is 2.51. The lowest BCUT2D eigenvalue weighted by Crippen LogP contribution is -2.34. The van der Waals surface area contributed by atoms with Crippen molar-refractivity contribution in [1.82, 2.24) is 9.36 Å². The van der Waals surface area contributed by atoms with Crippen LogP contribution in [-0.2, 0) is 18.0 Å². The molecule has 7 heteroatoms. The van der Waals surface area contributed by atoms with Crippen molar-refractivity contribution in [3.63, 3.8) is 0 Å². The molecule has 2 rings (SSSR count). The molecule has 0 saturated carbocycles. The zero-order valence-corrected chi connectivity index (χ0v) is 6.95. The predicted octanol–water partition coefficient (Wildman–Crippen LogP) is -1.01. The summed E-state index contributed by atoms with van der Waals surface area (Å²) in [6.45, 7) is 1.34. The third-order valence-electron chi connectivity index (χ3n) is 1.65. The molecule has 66 valence electrons. The van der Waals surface area contributed by atoms with Crippen LogP contribution in [0, 0.1) is 0 Å². The molecular weight excluding hydrogens is 182 g/mol. The molecule has 1 aromatic rings. The molecule has 0 amide bonds. The van der Waals surface area contributed by atoms with E-state index in [-0.39, 0.29) is 11.6 Å². The van der Waals surface area contributed by atoms with E-state index in [1.54, 1.807) is 4.68 Å². The maximum atomic E-state index is 11.2. The molecule has 0 atom stereocenters. The summed E-state index contributed by atoms with van der Waals surface area (Å²) in [5, 5.41) is 11.5. The summed E-state index contributed by atoms with van der Waals surface area (Å²) >= 11 is 0.904. The highest BCUT2D eigenvalue weighted by Crippen LogP contribution is 1.94. The quantitative estimate of drug-likeness (QED) is 0.420. The fraction of sp³-hybridized carbons (Fsp3) is 0.600. The lowest BCUT2D eigenvalue weighted by atomic mass is 10.7. The van der Waals surface area contributed by atoms with Crippen LogP contribution in [0.15, 0.2) is 9.95 Å². The van der Waals surface area contributed by atoms with Crippen molar-refractivity contribution < 1.29 is 9.94 Å². The lowest BCUT2D eigenvalue weighted by molar-refractivity contribution is 0.0106. The highest BCUT2D eigenvalue weighted by molar-refractivity contribution is 7.06. The molecule has 1 aliphatic rings. The Labute approximate surface area is 70.9 Å². The van der Waals surface area contributed by atoms with Gasteiger partial charge in [0.15, 0.2) is 0 Å². The molecule has 0 bridgehead atoms. The van der Waals surface area contributed by atoms with Gasteiger partial charge in [-0.2, -0.15) is 0 Å². The minimum Gasteiger partial charge on any atom is -0.408 e. The van der Waals surface area contributed by atoms with Crippen molar-refractivity contribution in [2.75, 3.05) is 6.61 Å². The van der Waals surface area contributed by atoms with Gasteiger partial charge in [0.1, 0.15) is 6.73 Å². The van der Waals surface area contributed by atoms with Crippen molar-refractivity contribution in [3.05, 3.63) is 14.5 Å². The van der Waals surface area contributed by atoms with Crippen LogP contribution in [0.25, 0.3) is 0 Å². The van der Waals surface area contributed by atoms with Gasteiger partial charge in [-0.25, -0.2) is 9.36 Å². The molecule has 12 heavy (non-hydrogen) atoms. The molecule has 1 N–H and O–H groups in total. The van der Waals surface area contributed by atoms with E-state index in [0.717, 1.165) is 11.3 Å².